The van der Waals surface area contributed by atoms with Crippen LogP contribution in [0.1, 0.15) is 20.3 Å². The molecule has 48 valence electrons. The van der Waals surface area contributed by atoms with Crippen LogP contribution < -0.4 is 58.2 Å². The third-order valence-electron chi connectivity index (χ3n) is 1.71. The van der Waals surface area contributed by atoms with Crippen molar-refractivity contribution in [3.63, 3.8) is 0 Å². The first-order chi connectivity index (χ1) is 3.80. The van der Waals surface area contributed by atoms with Crippen molar-refractivity contribution in [1.29, 1.82) is 0 Å². The van der Waals surface area contributed by atoms with Crippen molar-refractivity contribution in [3.8, 4) is 0 Å². The van der Waals surface area contributed by atoms with E-state index >= 15 is 0 Å². The van der Waals surface area contributed by atoms with Gasteiger partial charge in [-0.3, -0.25) is 0 Å². The van der Waals surface area contributed by atoms with Gasteiger partial charge in [-0.05, 0) is 20.4 Å². The minimum absolute atomic E-state index is 0. The van der Waals surface area contributed by atoms with Gasteiger partial charge in [0.05, 0.1) is 0 Å². The van der Waals surface area contributed by atoms with E-state index in [0.29, 0.717) is 0 Å². The summed E-state index contributed by atoms with van der Waals surface area (Å²) in [5.74, 6) is 0. The molecule has 0 bridgehead atoms. The molecule has 1 aliphatic heterocycles. The minimum atomic E-state index is 0. The SMILES string of the molecule is CC(C)N1C[CH-]CC1.[Rb+]. The summed E-state index contributed by atoms with van der Waals surface area (Å²) in [5, 5.41) is 0. The summed E-state index contributed by atoms with van der Waals surface area (Å²) in [7, 11) is 0. The van der Waals surface area contributed by atoms with Crippen LogP contribution in [0, 0.1) is 6.42 Å². The van der Waals surface area contributed by atoms with Gasteiger partial charge < -0.3 is 11.3 Å². The van der Waals surface area contributed by atoms with E-state index in [1.54, 1.807) is 0 Å². The Morgan fingerprint density at radius 2 is 2.11 bits per heavy atom. The summed E-state index contributed by atoms with van der Waals surface area (Å²) >= 11 is 0. The molecule has 1 aliphatic rings. The molecule has 0 aliphatic carbocycles. The second-order valence-electron chi connectivity index (χ2n) is 2.67. The molecular formula is C7H14NRb. The van der Waals surface area contributed by atoms with E-state index < -0.39 is 0 Å². The molecule has 0 unspecified atom stereocenters. The van der Waals surface area contributed by atoms with Crippen LogP contribution in [-0.4, -0.2) is 24.0 Å². The third-order valence-corrected chi connectivity index (χ3v) is 1.71. The molecule has 0 spiro atoms. The standard InChI is InChI=1S/C7H14N.Rb/c1-7(2)8-5-3-4-6-8;/h3,7H,4-6H2,1-2H3;/q-1;+1. The van der Waals surface area contributed by atoms with Crippen LogP contribution in [0.3, 0.4) is 0 Å². The molecule has 0 amide bonds. The van der Waals surface area contributed by atoms with Crippen LogP contribution >= 0.6 is 0 Å². The molecule has 0 aromatic heterocycles. The molecule has 9 heavy (non-hydrogen) atoms. The molecule has 0 atom stereocenters. The maximum Gasteiger partial charge on any atom is 1.00 e. The van der Waals surface area contributed by atoms with Gasteiger partial charge >= 0.3 is 58.2 Å². The topological polar surface area (TPSA) is 3.24 Å². The van der Waals surface area contributed by atoms with E-state index in [1.807, 2.05) is 0 Å². The zero-order valence-electron chi connectivity index (χ0n) is 6.72. The summed E-state index contributed by atoms with van der Waals surface area (Å²) in [4.78, 5) is 2.47. The van der Waals surface area contributed by atoms with Gasteiger partial charge in [-0.25, -0.2) is 0 Å². The zero-order valence-corrected chi connectivity index (χ0v) is 11.6. The molecule has 0 N–H and O–H groups in total. The number of hydrogen-bond acceptors (Lipinski definition) is 1. The Balaban J connectivity index is 0.000000640. The molecule has 1 nitrogen and oxygen atoms in total. The fourth-order valence-electron chi connectivity index (χ4n) is 1.07. The summed E-state index contributed by atoms with van der Waals surface area (Å²) in [5.41, 5.74) is 0. The van der Waals surface area contributed by atoms with Crippen LogP contribution in [0.2, 0.25) is 0 Å². The zero-order chi connectivity index (χ0) is 5.98. The van der Waals surface area contributed by atoms with Crippen LogP contribution in [0.5, 0.6) is 0 Å². The molecule has 1 heterocycles. The van der Waals surface area contributed by atoms with E-state index in [0.717, 1.165) is 6.04 Å². The molecular weight excluding hydrogens is 184 g/mol. The van der Waals surface area contributed by atoms with Gasteiger partial charge in [0.15, 0.2) is 0 Å². The largest absolute Gasteiger partial charge is 1.00 e. The van der Waals surface area contributed by atoms with E-state index in [2.05, 4.69) is 25.2 Å². The quantitative estimate of drug-likeness (QED) is 0.454. The van der Waals surface area contributed by atoms with Crippen molar-refractivity contribution >= 4 is 0 Å². The van der Waals surface area contributed by atoms with Crippen LogP contribution in [0.15, 0.2) is 0 Å². The number of likely N-dealkylation sites (tertiary alicyclic amines) is 1. The van der Waals surface area contributed by atoms with Crippen molar-refractivity contribution < 1.29 is 58.2 Å². The Morgan fingerprint density at radius 1 is 1.44 bits per heavy atom. The van der Waals surface area contributed by atoms with Gasteiger partial charge in [0.25, 0.3) is 0 Å². The summed E-state index contributed by atoms with van der Waals surface area (Å²) in [6.45, 7) is 6.98. The predicted molar refractivity (Wildman–Crippen MR) is 35.6 cm³/mol. The maximum absolute atomic E-state index is 2.47. The fraction of sp³-hybridized carbons (Fsp3) is 0.857. The second-order valence-corrected chi connectivity index (χ2v) is 2.67. The number of rotatable bonds is 1. The Kier molecular flexibility index (Phi) is 6.48. The van der Waals surface area contributed by atoms with Crippen LogP contribution in [0.25, 0.3) is 0 Å². The average molecular weight is 198 g/mol. The number of nitrogens with zero attached hydrogens (tertiary/aromatic N) is 1. The Bertz CT molecular complexity index is 67.3. The smallest absolute Gasteiger partial charge is 0.333 e. The summed E-state index contributed by atoms with van der Waals surface area (Å²) in [6.07, 6.45) is 3.64. The first kappa shape index (κ1) is 10.8. The Labute approximate surface area is 107 Å². The monoisotopic (exact) mass is 197 g/mol. The Hall–Kier alpha value is 1.77. The van der Waals surface area contributed by atoms with Crippen molar-refractivity contribution in [2.24, 2.45) is 0 Å². The van der Waals surface area contributed by atoms with Crippen molar-refractivity contribution in [2.45, 2.75) is 26.3 Å². The van der Waals surface area contributed by atoms with Gasteiger partial charge in [0.2, 0.25) is 0 Å². The first-order valence-electron chi connectivity index (χ1n) is 3.36. The average Bonchev–Trinajstić information content (AvgIpc) is 2.12. The van der Waals surface area contributed by atoms with E-state index in [9.17, 15) is 0 Å². The molecule has 0 saturated carbocycles. The predicted octanol–water partition coefficient (Wildman–Crippen LogP) is -1.69. The normalized spacial score (nSPS) is 20.3. The van der Waals surface area contributed by atoms with Gasteiger partial charge in [-0.2, -0.15) is 6.42 Å². The molecule has 2 heteroatoms. The Morgan fingerprint density at radius 3 is 2.33 bits per heavy atom. The molecule has 1 saturated heterocycles. The molecule has 0 aromatic rings. The summed E-state index contributed by atoms with van der Waals surface area (Å²) in [6, 6.07) is 0.744. The number of hydrogen-bond donors (Lipinski definition) is 0. The van der Waals surface area contributed by atoms with Gasteiger partial charge in [-0.1, -0.05) is 0 Å². The minimum Gasteiger partial charge on any atom is -0.333 e. The fourth-order valence-corrected chi connectivity index (χ4v) is 1.07. The molecule has 0 radical (unpaired) electrons. The van der Waals surface area contributed by atoms with E-state index in [1.165, 1.54) is 19.5 Å². The summed E-state index contributed by atoms with van der Waals surface area (Å²) < 4.78 is 0. The van der Waals surface area contributed by atoms with Crippen LogP contribution in [0.4, 0.5) is 0 Å². The molecule has 1 fully saturated rings. The van der Waals surface area contributed by atoms with Crippen molar-refractivity contribution in [3.05, 3.63) is 6.42 Å². The maximum atomic E-state index is 2.47. The van der Waals surface area contributed by atoms with E-state index in [-0.39, 0.29) is 58.2 Å². The van der Waals surface area contributed by atoms with E-state index in [4.69, 9.17) is 0 Å². The third kappa shape index (κ3) is 3.61. The van der Waals surface area contributed by atoms with Crippen molar-refractivity contribution in [2.75, 3.05) is 13.1 Å². The van der Waals surface area contributed by atoms with Gasteiger partial charge in [0, 0.05) is 6.04 Å². The van der Waals surface area contributed by atoms with Crippen molar-refractivity contribution in [1.82, 2.24) is 4.90 Å². The first-order valence-corrected chi connectivity index (χ1v) is 3.36. The molecule has 1 rings (SSSR count). The second kappa shape index (κ2) is 5.42. The van der Waals surface area contributed by atoms with Gasteiger partial charge in [0.1, 0.15) is 0 Å². The molecule has 0 aromatic carbocycles. The van der Waals surface area contributed by atoms with Gasteiger partial charge in [-0.15, -0.1) is 6.54 Å². The van der Waals surface area contributed by atoms with Crippen LogP contribution in [-0.2, 0) is 0 Å².